The Bertz CT molecular complexity index is 826. The van der Waals surface area contributed by atoms with Crippen LogP contribution < -0.4 is 10.1 Å². The van der Waals surface area contributed by atoms with Crippen molar-refractivity contribution in [3.63, 3.8) is 0 Å². The molecule has 2 aromatic carbocycles. The number of nitrogens with one attached hydrogen (secondary N) is 1. The van der Waals surface area contributed by atoms with Gasteiger partial charge in [-0.25, -0.2) is 4.79 Å². The number of aliphatic hydroxyl groups excluding tert-OH is 1. The molecule has 28 heavy (non-hydrogen) atoms. The highest BCUT2D eigenvalue weighted by Gasteiger charge is 2.16. The molecule has 0 saturated carbocycles. The van der Waals surface area contributed by atoms with Crippen molar-refractivity contribution in [1.29, 1.82) is 0 Å². The van der Waals surface area contributed by atoms with Crippen LogP contribution in [0.4, 0.5) is 0 Å². The average Bonchev–Trinajstić information content (AvgIpc) is 2.67. The molecule has 0 aromatic heterocycles. The number of carbonyl (C=O) groups excluding carboxylic acids is 2. The molecule has 5 nitrogen and oxygen atoms in total. The summed E-state index contributed by atoms with van der Waals surface area (Å²) in [5.74, 6) is -0.182. The number of rotatable bonds is 9. The molecule has 2 N–H and O–H groups in total. The summed E-state index contributed by atoms with van der Waals surface area (Å²) in [6.45, 7) is 5.94. The summed E-state index contributed by atoms with van der Waals surface area (Å²) in [6, 6.07) is 15.8. The minimum Gasteiger partial charge on any atom is -0.423 e. The first-order chi connectivity index (χ1) is 13.4. The van der Waals surface area contributed by atoms with Gasteiger partial charge in [0.25, 0.3) is 0 Å². The number of ether oxygens (including phenoxy) is 1. The lowest BCUT2D eigenvalue weighted by molar-refractivity contribution is -0.129. The Hall–Kier alpha value is -2.76. The molecule has 0 aliphatic rings. The van der Waals surface area contributed by atoms with Crippen LogP contribution in [0.25, 0.3) is 0 Å². The van der Waals surface area contributed by atoms with E-state index in [1.54, 1.807) is 24.3 Å². The smallest absolute Gasteiger partial charge is 0.336 e. The van der Waals surface area contributed by atoms with E-state index in [4.69, 9.17) is 4.74 Å². The van der Waals surface area contributed by atoms with Gasteiger partial charge in [0.05, 0.1) is 6.10 Å². The fourth-order valence-electron chi connectivity index (χ4n) is 2.72. The van der Waals surface area contributed by atoms with Crippen molar-refractivity contribution in [1.82, 2.24) is 5.32 Å². The zero-order valence-electron chi connectivity index (χ0n) is 16.5. The number of hydrogen-bond acceptors (Lipinski definition) is 5. The lowest BCUT2D eigenvalue weighted by Crippen LogP contribution is -2.33. The summed E-state index contributed by atoms with van der Waals surface area (Å²) in [7, 11) is 0. The predicted octanol–water partition coefficient (Wildman–Crippen LogP) is 3.84. The van der Waals surface area contributed by atoms with Gasteiger partial charge in [-0.2, -0.15) is 0 Å². The Morgan fingerprint density at radius 3 is 2.50 bits per heavy atom. The Morgan fingerprint density at radius 1 is 1.11 bits per heavy atom. The summed E-state index contributed by atoms with van der Waals surface area (Å²) in [4.78, 5) is 24.1. The number of hydrogen-bond donors (Lipinski definition) is 2. The van der Waals surface area contributed by atoms with Gasteiger partial charge < -0.3 is 15.2 Å². The molecule has 0 heterocycles. The minimum absolute atomic E-state index is 0.0611. The third-order valence-corrected chi connectivity index (χ3v) is 4.21. The van der Waals surface area contributed by atoms with Crippen molar-refractivity contribution >= 4 is 11.8 Å². The highest BCUT2D eigenvalue weighted by molar-refractivity contribution is 5.96. The molecule has 2 rings (SSSR count). The molecule has 5 heteroatoms. The predicted molar refractivity (Wildman–Crippen MR) is 109 cm³/mol. The minimum atomic E-state index is -0.644. The highest BCUT2D eigenvalue weighted by atomic mass is 16.5. The largest absolute Gasteiger partial charge is 0.423 e. The molecule has 2 atom stereocenters. The maximum Gasteiger partial charge on any atom is 0.336 e. The first-order valence-corrected chi connectivity index (χ1v) is 9.33. The Kier molecular flexibility index (Phi) is 8.11. The van der Waals surface area contributed by atoms with Crippen molar-refractivity contribution in [3.05, 3.63) is 77.4 Å². The monoisotopic (exact) mass is 381 g/mol. The second-order valence-corrected chi connectivity index (χ2v) is 6.94. The molecule has 0 radical (unpaired) electrons. The van der Waals surface area contributed by atoms with Gasteiger partial charge in [0.15, 0.2) is 5.78 Å². The fraction of sp³-hybridized carbons (Fsp3) is 0.304. The standard InChI is InChI=1S/C23H27NO4/c1-16(2)14-22(26)28-20-11-7-10-19(15-20)21(25)12-13-24-17(3)23(27)18-8-5-4-6-9-18/h4-11,14-15,17,23-24,27H,12-13H2,1-3H3. The van der Waals surface area contributed by atoms with Crippen molar-refractivity contribution in [2.24, 2.45) is 0 Å². The van der Waals surface area contributed by atoms with E-state index < -0.39 is 12.1 Å². The molecule has 0 fully saturated rings. The molecule has 0 bridgehead atoms. The lowest BCUT2D eigenvalue weighted by Gasteiger charge is -2.20. The van der Waals surface area contributed by atoms with Crippen LogP contribution in [-0.4, -0.2) is 29.4 Å². The van der Waals surface area contributed by atoms with E-state index in [1.807, 2.05) is 51.1 Å². The zero-order chi connectivity index (χ0) is 20.5. The highest BCUT2D eigenvalue weighted by Crippen LogP contribution is 2.17. The molecule has 0 aliphatic heterocycles. The number of allylic oxidation sites excluding steroid dienone is 1. The summed E-state index contributed by atoms with van der Waals surface area (Å²) in [5.41, 5.74) is 2.16. The number of ketones is 1. The van der Waals surface area contributed by atoms with Crippen LogP contribution >= 0.6 is 0 Å². The second-order valence-electron chi connectivity index (χ2n) is 6.94. The lowest BCUT2D eigenvalue weighted by atomic mass is 10.0. The third kappa shape index (κ3) is 6.76. The third-order valence-electron chi connectivity index (χ3n) is 4.21. The normalized spacial score (nSPS) is 12.7. The molecule has 2 unspecified atom stereocenters. The first-order valence-electron chi connectivity index (χ1n) is 9.33. The fourth-order valence-corrected chi connectivity index (χ4v) is 2.72. The van der Waals surface area contributed by atoms with Crippen LogP contribution in [0.5, 0.6) is 5.75 Å². The van der Waals surface area contributed by atoms with E-state index in [2.05, 4.69) is 5.32 Å². The number of Topliss-reactive ketones (excluding diaryl/α,β-unsaturated/α-hetero) is 1. The topological polar surface area (TPSA) is 75.6 Å². The van der Waals surface area contributed by atoms with Crippen LogP contribution in [0.1, 0.15) is 49.2 Å². The maximum atomic E-state index is 12.4. The summed E-state index contributed by atoms with van der Waals surface area (Å²) in [6.07, 6.45) is 1.03. The van der Waals surface area contributed by atoms with Crippen molar-refractivity contribution < 1.29 is 19.4 Å². The number of benzene rings is 2. The van der Waals surface area contributed by atoms with Gasteiger partial charge in [0.2, 0.25) is 0 Å². The van der Waals surface area contributed by atoms with E-state index in [0.29, 0.717) is 17.9 Å². The van der Waals surface area contributed by atoms with E-state index in [-0.39, 0.29) is 18.2 Å². The molecular formula is C23H27NO4. The van der Waals surface area contributed by atoms with Crippen LogP contribution in [-0.2, 0) is 4.79 Å². The molecule has 2 aromatic rings. The molecule has 0 amide bonds. The van der Waals surface area contributed by atoms with Crippen molar-refractivity contribution in [3.8, 4) is 5.75 Å². The van der Waals surface area contributed by atoms with Gasteiger partial charge in [-0.1, -0.05) is 48.0 Å². The number of aliphatic hydroxyl groups is 1. The van der Waals surface area contributed by atoms with E-state index in [9.17, 15) is 14.7 Å². The van der Waals surface area contributed by atoms with Crippen molar-refractivity contribution in [2.45, 2.75) is 39.3 Å². The molecule has 148 valence electrons. The van der Waals surface area contributed by atoms with Gasteiger partial charge in [0, 0.05) is 30.6 Å². The Morgan fingerprint density at radius 2 is 1.82 bits per heavy atom. The van der Waals surface area contributed by atoms with Gasteiger partial charge in [0.1, 0.15) is 5.75 Å². The Labute approximate surface area is 166 Å². The SMILES string of the molecule is CC(C)=CC(=O)Oc1cccc(C(=O)CCNC(C)C(O)c2ccccc2)c1. The average molecular weight is 381 g/mol. The van der Waals surface area contributed by atoms with E-state index in [0.717, 1.165) is 11.1 Å². The first kappa shape index (κ1) is 21.5. The van der Waals surface area contributed by atoms with Gasteiger partial charge in [-0.15, -0.1) is 0 Å². The van der Waals surface area contributed by atoms with Crippen LogP contribution in [0.3, 0.4) is 0 Å². The molecule has 0 spiro atoms. The zero-order valence-corrected chi connectivity index (χ0v) is 16.5. The Balaban J connectivity index is 1.87. The summed E-state index contributed by atoms with van der Waals surface area (Å²) < 4.78 is 5.22. The second kappa shape index (κ2) is 10.5. The molecular weight excluding hydrogens is 354 g/mol. The molecule has 0 saturated heterocycles. The summed E-state index contributed by atoms with van der Waals surface area (Å²) in [5, 5.41) is 13.5. The quantitative estimate of drug-likeness (QED) is 0.299. The molecule has 0 aliphatic carbocycles. The van der Waals surface area contributed by atoms with E-state index >= 15 is 0 Å². The van der Waals surface area contributed by atoms with Crippen LogP contribution in [0.2, 0.25) is 0 Å². The van der Waals surface area contributed by atoms with Gasteiger partial charge in [-0.3, -0.25) is 4.79 Å². The summed E-state index contributed by atoms with van der Waals surface area (Å²) >= 11 is 0. The van der Waals surface area contributed by atoms with Gasteiger partial charge >= 0.3 is 5.97 Å². The number of esters is 1. The number of carbonyl (C=O) groups is 2. The van der Waals surface area contributed by atoms with Crippen LogP contribution in [0.15, 0.2) is 66.2 Å². The van der Waals surface area contributed by atoms with E-state index in [1.165, 1.54) is 6.08 Å². The van der Waals surface area contributed by atoms with Gasteiger partial charge in [-0.05, 0) is 38.5 Å². The van der Waals surface area contributed by atoms with Crippen LogP contribution in [0, 0.1) is 0 Å². The van der Waals surface area contributed by atoms with Crippen molar-refractivity contribution in [2.75, 3.05) is 6.54 Å². The maximum absolute atomic E-state index is 12.4.